The number of nitrogens with zero attached hydrogens (tertiary/aromatic N) is 2. The first-order valence-corrected chi connectivity index (χ1v) is 18.9. The molecule has 9 heteroatoms. The molecular weight excluding hydrogens is 699 g/mol. The predicted molar refractivity (Wildman–Crippen MR) is 218 cm³/mol. The van der Waals surface area contributed by atoms with E-state index in [1.807, 2.05) is 43.3 Å². The number of nitrogens with one attached hydrogen (secondary N) is 3. The number of benzene rings is 4. The molecule has 1 saturated heterocycles. The van der Waals surface area contributed by atoms with Crippen molar-refractivity contribution >= 4 is 35.3 Å². The van der Waals surface area contributed by atoms with E-state index in [-0.39, 0.29) is 36.6 Å². The summed E-state index contributed by atoms with van der Waals surface area (Å²) in [5, 5.41) is 8.37. The molecular formula is C47H47N5O4. The molecule has 6 aliphatic rings. The Morgan fingerprint density at radius 3 is 1.61 bits per heavy atom. The van der Waals surface area contributed by atoms with Gasteiger partial charge in [-0.3, -0.25) is 19.7 Å². The number of hydrogen-bond acceptors (Lipinski definition) is 5. The third-order valence-electron chi connectivity index (χ3n) is 12.7. The number of aromatic nitrogens is 1. The monoisotopic (exact) mass is 745 g/mol. The van der Waals surface area contributed by atoms with Gasteiger partial charge in [0.15, 0.2) is 0 Å². The van der Waals surface area contributed by atoms with Crippen LogP contribution in [0.25, 0.3) is 0 Å². The summed E-state index contributed by atoms with van der Waals surface area (Å²) in [7, 11) is 1.69. The van der Waals surface area contributed by atoms with Crippen LogP contribution in [0.4, 0.5) is 16.3 Å². The van der Waals surface area contributed by atoms with E-state index >= 15 is 0 Å². The van der Waals surface area contributed by atoms with Gasteiger partial charge in [-0.15, -0.1) is 0 Å². The van der Waals surface area contributed by atoms with Crippen LogP contribution in [0.5, 0.6) is 0 Å². The lowest BCUT2D eigenvalue weighted by atomic mass is 9.79. The van der Waals surface area contributed by atoms with Crippen molar-refractivity contribution < 1.29 is 19.2 Å². The third kappa shape index (κ3) is 5.62. The fourth-order valence-corrected chi connectivity index (χ4v) is 9.75. The van der Waals surface area contributed by atoms with Gasteiger partial charge in [0.1, 0.15) is 11.4 Å². The average Bonchev–Trinajstić information content (AvgIpc) is 3.99. The van der Waals surface area contributed by atoms with Gasteiger partial charge in [-0.05, 0) is 97.5 Å². The zero-order valence-corrected chi connectivity index (χ0v) is 31.5. The van der Waals surface area contributed by atoms with Gasteiger partial charge >= 0.3 is 6.03 Å². The Labute approximate surface area is 327 Å². The van der Waals surface area contributed by atoms with Crippen LogP contribution in [-0.4, -0.2) is 46.2 Å². The Hall–Kier alpha value is -6.09. The Morgan fingerprint density at radius 1 is 0.536 bits per heavy atom. The van der Waals surface area contributed by atoms with Crippen molar-refractivity contribution in [2.24, 2.45) is 0 Å². The summed E-state index contributed by atoms with van der Waals surface area (Å²) in [6.45, 7) is 6.23. The summed E-state index contributed by atoms with van der Waals surface area (Å²) in [4.78, 5) is 54.3. The Balaban J connectivity index is 0.000000117. The first-order valence-electron chi connectivity index (χ1n) is 18.9. The largest absolute Gasteiger partial charge is 0.325 e. The zero-order chi connectivity index (χ0) is 38.3. The first-order chi connectivity index (χ1) is 26.4. The molecule has 0 radical (unpaired) electrons. The molecule has 3 atom stereocenters. The van der Waals surface area contributed by atoms with E-state index in [9.17, 15) is 19.2 Å². The van der Waals surface area contributed by atoms with Crippen LogP contribution >= 0.6 is 0 Å². The Morgan fingerprint density at radius 2 is 1.02 bits per heavy atom. The van der Waals surface area contributed by atoms with Crippen LogP contribution < -0.4 is 16.0 Å². The molecule has 1 fully saturated rings. The van der Waals surface area contributed by atoms with Crippen LogP contribution in [0.1, 0.15) is 68.6 Å². The maximum atomic E-state index is 12.5. The molecule has 3 aliphatic carbocycles. The Kier molecular flexibility index (Phi) is 8.75. The smallest absolute Gasteiger partial charge is 0.324 e. The highest BCUT2D eigenvalue weighted by Gasteiger charge is 2.54. The second-order valence-corrected chi connectivity index (χ2v) is 16.2. The first kappa shape index (κ1) is 36.9. The molecule has 4 aromatic carbocycles. The summed E-state index contributed by atoms with van der Waals surface area (Å²) in [5.41, 5.74) is 13.0. The van der Waals surface area contributed by atoms with Gasteiger partial charge < -0.3 is 15.5 Å². The van der Waals surface area contributed by atoms with Crippen molar-refractivity contribution in [2.75, 3.05) is 17.7 Å². The van der Waals surface area contributed by atoms with E-state index < -0.39 is 11.0 Å². The van der Waals surface area contributed by atoms with Crippen molar-refractivity contribution in [3.63, 3.8) is 0 Å². The van der Waals surface area contributed by atoms with Gasteiger partial charge in [-0.25, -0.2) is 9.78 Å². The molecule has 9 nitrogen and oxygen atoms in total. The number of likely N-dealkylation sites (N-methyl/N-ethyl adjacent to an activating group) is 1. The molecule has 56 heavy (non-hydrogen) atoms. The number of carbonyl (C=O) groups excluding carboxylic acids is 4. The van der Waals surface area contributed by atoms with Crippen molar-refractivity contribution in [2.45, 2.75) is 83.1 Å². The molecule has 1 aromatic heterocycles. The second-order valence-electron chi connectivity index (χ2n) is 16.2. The van der Waals surface area contributed by atoms with Gasteiger partial charge in [0, 0.05) is 37.3 Å². The van der Waals surface area contributed by atoms with E-state index in [0.29, 0.717) is 12.8 Å². The number of para-hydroxylation sites is 1. The minimum atomic E-state index is -0.687. The number of amides is 5. The molecule has 3 unspecified atom stereocenters. The van der Waals surface area contributed by atoms with Crippen LogP contribution in [0, 0.1) is 20.8 Å². The van der Waals surface area contributed by atoms with Crippen LogP contribution in [0.3, 0.4) is 0 Å². The van der Waals surface area contributed by atoms with Gasteiger partial charge in [0.25, 0.3) is 5.91 Å². The number of anilines is 2. The summed E-state index contributed by atoms with van der Waals surface area (Å²) in [6, 6.07) is 30.9. The summed E-state index contributed by atoms with van der Waals surface area (Å²) in [5.74, 6) is 0.813. The highest BCUT2D eigenvalue weighted by atomic mass is 16.2. The Bertz CT molecular complexity index is 2370. The lowest BCUT2D eigenvalue weighted by molar-refractivity contribution is -0.126. The summed E-state index contributed by atoms with van der Waals surface area (Å²) < 4.78 is 0. The molecule has 3 spiro atoms. The zero-order valence-electron chi connectivity index (χ0n) is 31.5. The number of pyridine rings is 1. The number of carbonyl (C=O) groups is 4. The molecule has 284 valence electrons. The number of rotatable bonds is 0. The average molecular weight is 746 g/mol. The molecule has 4 heterocycles. The van der Waals surface area contributed by atoms with E-state index in [0.717, 1.165) is 48.3 Å². The van der Waals surface area contributed by atoms with Crippen molar-refractivity contribution in [1.82, 2.24) is 15.2 Å². The molecule has 3 N–H and O–H groups in total. The number of hydrogen-bond donors (Lipinski definition) is 3. The van der Waals surface area contributed by atoms with Gasteiger partial charge in [-0.1, -0.05) is 103 Å². The lowest BCUT2D eigenvalue weighted by Crippen LogP contribution is -2.48. The van der Waals surface area contributed by atoms with Crippen LogP contribution in [0.2, 0.25) is 0 Å². The second kappa shape index (κ2) is 13.3. The summed E-state index contributed by atoms with van der Waals surface area (Å²) >= 11 is 0. The van der Waals surface area contributed by atoms with E-state index in [1.54, 1.807) is 18.1 Å². The maximum absolute atomic E-state index is 12.5. The number of imide groups is 1. The molecule has 5 amide bonds. The quantitative estimate of drug-likeness (QED) is 0.147. The normalized spacial score (nSPS) is 23.9. The molecule has 5 aromatic rings. The fraction of sp³-hybridized carbons (Fsp3) is 0.298. The SMILES string of the molecule is C.Cc1ccc2c(c1)CC1(C2)C(=O)NC(=O)N1C.Cc1ccc2c(c1)CC1(C2)C(=O)Nc2ccccc21.Cc1ccc2c(c1)CC1(C2)C(=O)Nc2ncccc21. The highest BCUT2D eigenvalue weighted by molar-refractivity contribution is 6.08. The van der Waals surface area contributed by atoms with Crippen molar-refractivity contribution in [1.29, 1.82) is 0 Å². The summed E-state index contributed by atoms with van der Waals surface area (Å²) in [6.07, 6.45) is 6.19. The van der Waals surface area contributed by atoms with E-state index in [1.165, 1.54) is 50.1 Å². The standard InChI is InChI=1S/C17H15NO.C16H14N2O.C13H14N2O2.CH4/c1-11-6-7-12-9-17(10-13(12)8-11)14-4-2-3-5-15(14)18-16(17)19;1-10-4-5-11-8-16(9-12(11)7-10)13-3-2-6-17-14(13)18-15(16)19;1-8-3-4-9-6-13(7-10(9)5-8)11(16)14-12(17)15(13)2;/h2-8H,9-10H2,1H3,(H,18,19);2-7H,8-9H2,1H3,(H,17,18,19);3-5H,6-7H2,1-2H3,(H,14,16,17);1H4. The third-order valence-corrected chi connectivity index (χ3v) is 12.7. The van der Waals surface area contributed by atoms with Crippen molar-refractivity contribution in [3.8, 4) is 0 Å². The topological polar surface area (TPSA) is 121 Å². The lowest BCUT2D eigenvalue weighted by Gasteiger charge is -2.27. The van der Waals surface area contributed by atoms with Crippen LogP contribution in [0.15, 0.2) is 97.2 Å². The molecule has 11 rings (SSSR count). The van der Waals surface area contributed by atoms with Gasteiger partial charge in [0.05, 0.1) is 10.8 Å². The van der Waals surface area contributed by atoms with Gasteiger partial charge in [-0.2, -0.15) is 0 Å². The number of urea groups is 1. The minimum absolute atomic E-state index is 0. The number of fused-ring (bicyclic) bond motifs is 7. The van der Waals surface area contributed by atoms with E-state index in [2.05, 4.69) is 89.4 Å². The van der Waals surface area contributed by atoms with Crippen molar-refractivity contribution in [3.05, 3.63) is 158 Å². The maximum Gasteiger partial charge on any atom is 0.324 e. The minimum Gasteiger partial charge on any atom is -0.325 e. The molecule has 0 bridgehead atoms. The number of aryl methyl sites for hydroxylation is 3. The van der Waals surface area contributed by atoms with Gasteiger partial charge in [0.2, 0.25) is 11.8 Å². The molecule has 3 aliphatic heterocycles. The molecule has 0 saturated carbocycles. The van der Waals surface area contributed by atoms with E-state index in [4.69, 9.17) is 0 Å². The highest BCUT2D eigenvalue weighted by Crippen LogP contribution is 2.48. The predicted octanol–water partition coefficient (Wildman–Crippen LogP) is 7.01. The van der Waals surface area contributed by atoms with Crippen LogP contribution in [-0.2, 0) is 63.7 Å². The fourth-order valence-electron chi connectivity index (χ4n) is 9.75.